The van der Waals surface area contributed by atoms with Crippen LogP contribution in [-0.4, -0.2) is 26.5 Å². The third kappa shape index (κ3) is 4.22. The van der Waals surface area contributed by atoms with E-state index in [0.29, 0.717) is 5.69 Å². The van der Waals surface area contributed by atoms with E-state index in [-0.39, 0.29) is 18.3 Å². The molecule has 2 aromatic carbocycles. The molecule has 2 N–H and O–H groups in total. The molecule has 0 bridgehead atoms. The fourth-order valence-electron chi connectivity index (χ4n) is 2.01. The van der Waals surface area contributed by atoms with Crippen molar-refractivity contribution in [3.05, 3.63) is 53.8 Å². The summed E-state index contributed by atoms with van der Waals surface area (Å²) >= 11 is 0. The van der Waals surface area contributed by atoms with Gasteiger partial charge in [0.05, 0.1) is 6.54 Å². The van der Waals surface area contributed by atoms with Crippen LogP contribution in [0, 0.1) is 12.7 Å². The molecule has 0 aliphatic heterocycles. The predicted molar refractivity (Wildman–Crippen MR) is 89.0 cm³/mol. The number of rotatable bonds is 5. The van der Waals surface area contributed by atoms with Crippen LogP contribution in [0.2, 0.25) is 0 Å². The summed E-state index contributed by atoms with van der Waals surface area (Å²) in [6.07, 6.45) is 0. The zero-order chi connectivity index (χ0) is 16.1. The average molecular weight is 301 g/mol. The molecule has 116 valence electrons. The highest BCUT2D eigenvalue weighted by Gasteiger charge is 2.05. The minimum atomic E-state index is -0.326. The van der Waals surface area contributed by atoms with Crippen LogP contribution >= 0.6 is 0 Å². The molecule has 0 saturated carbocycles. The Balaban J connectivity index is 1.91. The molecular weight excluding hydrogens is 281 g/mol. The molecule has 4 nitrogen and oxygen atoms in total. The van der Waals surface area contributed by atoms with Crippen LogP contribution in [0.1, 0.15) is 5.56 Å². The number of hydrogen-bond donors (Lipinski definition) is 2. The van der Waals surface area contributed by atoms with Gasteiger partial charge in [0.15, 0.2) is 0 Å². The molecule has 2 rings (SSSR count). The molecule has 0 radical (unpaired) electrons. The first-order valence-corrected chi connectivity index (χ1v) is 7.03. The number of hydrogen-bond acceptors (Lipinski definition) is 3. The van der Waals surface area contributed by atoms with Crippen molar-refractivity contribution in [1.29, 1.82) is 0 Å². The van der Waals surface area contributed by atoms with Crippen molar-refractivity contribution in [3.8, 4) is 0 Å². The maximum absolute atomic E-state index is 13.2. The van der Waals surface area contributed by atoms with Gasteiger partial charge in [-0.2, -0.15) is 0 Å². The molecule has 0 heterocycles. The van der Waals surface area contributed by atoms with E-state index in [9.17, 15) is 9.18 Å². The lowest BCUT2D eigenvalue weighted by Gasteiger charge is -2.13. The van der Waals surface area contributed by atoms with Crippen molar-refractivity contribution in [2.24, 2.45) is 0 Å². The van der Waals surface area contributed by atoms with Crippen molar-refractivity contribution in [2.75, 3.05) is 36.2 Å². The Kier molecular flexibility index (Phi) is 4.99. The van der Waals surface area contributed by atoms with Crippen LogP contribution in [0.3, 0.4) is 0 Å². The number of nitrogens with one attached hydrogen (secondary N) is 2. The minimum absolute atomic E-state index is 0.0831. The molecule has 0 aliphatic carbocycles. The van der Waals surface area contributed by atoms with E-state index in [1.165, 1.54) is 12.1 Å². The molecule has 0 aromatic heterocycles. The molecule has 5 heteroatoms. The number of aryl methyl sites for hydroxylation is 1. The van der Waals surface area contributed by atoms with Crippen LogP contribution in [0.15, 0.2) is 42.5 Å². The summed E-state index contributed by atoms with van der Waals surface area (Å²) < 4.78 is 13.2. The second-order valence-electron chi connectivity index (χ2n) is 5.30. The van der Waals surface area contributed by atoms with E-state index >= 15 is 0 Å². The summed E-state index contributed by atoms with van der Waals surface area (Å²) in [5, 5.41) is 5.74. The summed E-state index contributed by atoms with van der Waals surface area (Å²) in [6.45, 7) is 1.94. The highest BCUT2D eigenvalue weighted by atomic mass is 19.1. The zero-order valence-corrected chi connectivity index (χ0v) is 13.0. The number of nitrogens with zero attached hydrogens (tertiary/aromatic N) is 1. The highest BCUT2D eigenvalue weighted by Crippen LogP contribution is 2.17. The van der Waals surface area contributed by atoms with Crippen LogP contribution in [-0.2, 0) is 4.79 Å². The van der Waals surface area contributed by atoms with Gasteiger partial charge in [-0.1, -0.05) is 6.07 Å². The number of anilines is 3. The summed E-state index contributed by atoms with van der Waals surface area (Å²) in [5.41, 5.74) is 3.31. The molecule has 0 fully saturated rings. The zero-order valence-electron chi connectivity index (χ0n) is 13.0. The Morgan fingerprint density at radius 2 is 1.82 bits per heavy atom. The van der Waals surface area contributed by atoms with Gasteiger partial charge in [0.2, 0.25) is 5.91 Å². The Labute approximate surface area is 129 Å². The summed E-state index contributed by atoms with van der Waals surface area (Å²) in [7, 11) is 3.91. The third-order valence-electron chi connectivity index (χ3n) is 3.31. The Hall–Kier alpha value is -2.56. The van der Waals surface area contributed by atoms with Gasteiger partial charge < -0.3 is 15.5 Å². The normalized spacial score (nSPS) is 10.2. The Bertz CT molecular complexity index is 653. The number of halogens is 1. The third-order valence-corrected chi connectivity index (χ3v) is 3.31. The van der Waals surface area contributed by atoms with E-state index in [4.69, 9.17) is 0 Å². The molecular formula is C17H20FN3O. The fraction of sp³-hybridized carbons (Fsp3) is 0.235. The van der Waals surface area contributed by atoms with Gasteiger partial charge in [-0.3, -0.25) is 4.79 Å². The predicted octanol–water partition coefficient (Wildman–Crippen LogP) is 3.25. The van der Waals surface area contributed by atoms with E-state index in [2.05, 4.69) is 10.6 Å². The molecule has 0 spiro atoms. The van der Waals surface area contributed by atoms with E-state index < -0.39 is 0 Å². The minimum Gasteiger partial charge on any atom is -0.378 e. The lowest BCUT2D eigenvalue weighted by atomic mass is 10.2. The van der Waals surface area contributed by atoms with E-state index in [1.54, 1.807) is 6.07 Å². The van der Waals surface area contributed by atoms with E-state index in [1.807, 2.05) is 50.2 Å². The number of benzene rings is 2. The van der Waals surface area contributed by atoms with Gasteiger partial charge in [0.1, 0.15) is 5.82 Å². The maximum atomic E-state index is 13.2. The quantitative estimate of drug-likeness (QED) is 0.891. The van der Waals surface area contributed by atoms with Gasteiger partial charge in [-0.05, 0) is 48.9 Å². The molecule has 0 unspecified atom stereocenters. The van der Waals surface area contributed by atoms with Crippen LogP contribution in [0.25, 0.3) is 0 Å². The number of amides is 1. The molecule has 0 atom stereocenters. The first-order valence-electron chi connectivity index (χ1n) is 7.03. The number of carbonyl (C=O) groups is 1. The van der Waals surface area contributed by atoms with Crippen LogP contribution < -0.4 is 15.5 Å². The molecule has 1 amide bonds. The maximum Gasteiger partial charge on any atom is 0.243 e. The lowest BCUT2D eigenvalue weighted by Crippen LogP contribution is -2.22. The SMILES string of the molecule is Cc1ccc(F)cc1NCC(=O)Nc1ccc(N(C)C)cc1. The van der Waals surface area contributed by atoms with Gasteiger partial charge in [-0.15, -0.1) is 0 Å². The van der Waals surface area contributed by atoms with Crippen molar-refractivity contribution < 1.29 is 9.18 Å². The fourth-order valence-corrected chi connectivity index (χ4v) is 2.01. The first kappa shape index (κ1) is 15.8. The van der Waals surface area contributed by atoms with Gasteiger partial charge in [-0.25, -0.2) is 4.39 Å². The second-order valence-corrected chi connectivity index (χ2v) is 5.30. The van der Waals surface area contributed by atoms with Crippen molar-refractivity contribution >= 4 is 23.0 Å². The average Bonchev–Trinajstić information content (AvgIpc) is 2.49. The Morgan fingerprint density at radius 1 is 1.14 bits per heavy atom. The standard InChI is InChI=1S/C17H20FN3O/c1-12-4-5-13(18)10-16(12)19-11-17(22)20-14-6-8-15(9-7-14)21(2)3/h4-10,19H,11H2,1-3H3,(H,20,22). The molecule has 2 aromatic rings. The van der Waals surface area contributed by atoms with E-state index in [0.717, 1.165) is 16.9 Å². The van der Waals surface area contributed by atoms with Gasteiger partial charge in [0, 0.05) is 31.2 Å². The molecule has 22 heavy (non-hydrogen) atoms. The van der Waals surface area contributed by atoms with Gasteiger partial charge >= 0.3 is 0 Å². The molecule has 0 saturated heterocycles. The summed E-state index contributed by atoms with van der Waals surface area (Å²) in [5.74, 6) is -0.506. The summed E-state index contributed by atoms with van der Waals surface area (Å²) in [4.78, 5) is 13.9. The summed E-state index contributed by atoms with van der Waals surface area (Å²) in [6, 6.07) is 12.0. The van der Waals surface area contributed by atoms with Gasteiger partial charge in [0.25, 0.3) is 0 Å². The van der Waals surface area contributed by atoms with Crippen LogP contribution in [0.5, 0.6) is 0 Å². The monoisotopic (exact) mass is 301 g/mol. The topological polar surface area (TPSA) is 44.4 Å². The van der Waals surface area contributed by atoms with Crippen molar-refractivity contribution in [2.45, 2.75) is 6.92 Å². The Morgan fingerprint density at radius 3 is 2.45 bits per heavy atom. The second kappa shape index (κ2) is 6.93. The smallest absolute Gasteiger partial charge is 0.243 e. The first-order chi connectivity index (χ1) is 10.5. The van der Waals surface area contributed by atoms with Crippen molar-refractivity contribution in [3.63, 3.8) is 0 Å². The van der Waals surface area contributed by atoms with Crippen LogP contribution in [0.4, 0.5) is 21.5 Å². The highest BCUT2D eigenvalue weighted by molar-refractivity contribution is 5.94. The lowest BCUT2D eigenvalue weighted by molar-refractivity contribution is -0.114. The largest absolute Gasteiger partial charge is 0.378 e. The molecule has 0 aliphatic rings. The number of carbonyl (C=O) groups excluding carboxylic acids is 1. The van der Waals surface area contributed by atoms with Crippen molar-refractivity contribution in [1.82, 2.24) is 0 Å².